The summed E-state index contributed by atoms with van der Waals surface area (Å²) in [6.07, 6.45) is 2.13. The summed E-state index contributed by atoms with van der Waals surface area (Å²) in [6, 6.07) is 0. The van der Waals surface area contributed by atoms with Gasteiger partial charge < -0.3 is 10.1 Å². The van der Waals surface area contributed by atoms with Crippen LogP contribution in [0.25, 0.3) is 10.2 Å². The normalized spacial score (nSPS) is 11.5. The van der Waals surface area contributed by atoms with Gasteiger partial charge in [0.1, 0.15) is 16.5 Å². The first-order valence-electron chi connectivity index (χ1n) is 7.65. The number of fused-ring (bicyclic) bond motifs is 1. The second-order valence-corrected chi connectivity index (χ2v) is 6.71. The fraction of sp³-hybridized carbons (Fsp3) is 0.625. The molecule has 2 aromatic heterocycles. The van der Waals surface area contributed by atoms with E-state index in [2.05, 4.69) is 49.9 Å². The molecule has 0 aromatic carbocycles. The van der Waals surface area contributed by atoms with E-state index in [9.17, 15) is 0 Å². The Balaban J connectivity index is 2.13. The van der Waals surface area contributed by atoms with Crippen LogP contribution < -0.4 is 5.32 Å². The van der Waals surface area contributed by atoms with Gasteiger partial charge in [0.25, 0.3) is 0 Å². The maximum absolute atomic E-state index is 5.57. The minimum Gasteiger partial charge on any atom is -0.379 e. The van der Waals surface area contributed by atoms with Crippen molar-refractivity contribution in [3.63, 3.8) is 0 Å². The fourth-order valence-electron chi connectivity index (χ4n) is 2.18. The monoisotopic (exact) mass is 307 g/mol. The number of anilines is 1. The molecule has 116 valence electrons. The van der Waals surface area contributed by atoms with Gasteiger partial charge in [0, 0.05) is 24.4 Å². The molecule has 0 saturated heterocycles. The summed E-state index contributed by atoms with van der Waals surface area (Å²) < 4.78 is 5.57. The van der Waals surface area contributed by atoms with Crippen molar-refractivity contribution < 1.29 is 4.74 Å². The molecule has 2 heterocycles. The molecular weight excluding hydrogens is 282 g/mol. The average Bonchev–Trinajstić information content (AvgIpc) is 2.73. The van der Waals surface area contributed by atoms with E-state index in [4.69, 9.17) is 4.74 Å². The Morgan fingerprint density at radius 2 is 2.00 bits per heavy atom. The molecule has 2 rings (SSSR count). The van der Waals surface area contributed by atoms with Gasteiger partial charge in [-0.25, -0.2) is 9.97 Å². The van der Waals surface area contributed by atoms with Crippen LogP contribution in [0.2, 0.25) is 0 Å². The highest BCUT2D eigenvalue weighted by Crippen LogP contribution is 2.33. The molecule has 0 aliphatic heterocycles. The first-order chi connectivity index (χ1) is 10.0. The van der Waals surface area contributed by atoms with E-state index >= 15 is 0 Å². The van der Waals surface area contributed by atoms with Crippen LogP contribution in [0.15, 0.2) is 0 Å². The number of rotatable bonds is 7. The van der Waals surface area contributed by atoms with Gasteiger partial charge in [0.05, 0.1) is 11.5 Å². The SMILES string of the molecule is CCc1nc(NCCCOC(C)C)c2c(C)c(C)sc2n1. The molecule has 0 spiro atoms. The van der Waals surface area contributed by atoms with Crippen LogP contribution in [0.5, 0.6) is 0 Å². The zero-order valence-electron chi connectivity index (χ0n) is 13.6. The van der Waals surface area contributed by atoms with E-state index in [1.54, 1.807) is 11.3 Å². The summed E-state index contributed by atoms with van der Waals surface area (Å²) in [5.41, 5.74) is 1.29. The Bertz CT molecular complexity index is 607. The van der Waals surface area contributed by atoms with Gasteiger partial charge in [-0.1, -0.05) is 6.92 Å². The maximum Gasteiger partial charge on any atom is 0.138 e. The molecule has 21 heavy (non-hydrogen) atoms. The number of nitrogens with one attached hydrogen (secondary N) is 1. The van der Waals surface area contributed by atoms with Gasteiger partial charge in [-0.2, -0.15) is 0 Å². The molecule has 0 radical (unpaired) electrons. The van der Waals surface area contributed by atoms with Crippen molar-refractivity contribution in [3.8, 4) is 0 Å². The zero-order valence-corrected chi connectivity index (χ0v) is 14.4. The molecule has 0 atom stereocenters. The highest BCUT2D eigenvalue weighted by Gasteiger charge is 2.13. The van der Waals surface area contributed by atoms with Gasteiger partial charge in [0.2, 0.25) is 0 Å². The lowest BCUT2D eigenvalue weighted by atomic mass is 10.2. The Kier molecular flexibility index (Phi) is 5.53. The van der Waals surface area contributed by atoms with Crippen LogP contribution in [0, 0.1) is 13.8 Å². The summed E-state index contributed by atoms with van der Waals surface area (Å²) in [6.45, 7) is 12.2. The molecule has 4 nitrogen and oxygen atoms in total. The third kappa shape index (κ3) is 3.92. The molecule has 0 aliphatic rings. The first kappa shape index (κ1) is 16.2. The molecule has 0 aliphatic carbocycles. The van der Waals surface area contributed by atoms with Crippen molar-refractivity contribution in [2.75, 3.05) is 18.5 Å². The molecule has 5 heteroatoms. The van der Waals surface area contributed by atoms with Gasteiger partial charge in [-0.15, -0.1) is 11.3 Å². The summed E-state index contributed by atoms with van der Waals surface area (Å²) in [7, 11) is 0. The van der Waals surface area contributed by atoms with Crippen LogP contribution >= 0.6 is 11.3 Å². The number of nitrogens with zero attached hydrogens (tertiary/aromatic N) is 2. The average molecular weight is 307 g/mol. The van der Waals surface area contributed by atoms with E-state index in [0.717, 1.165) is 42.5 Å². The minimum absolute atomic E-state index is 0.296. The summed E-state index contributed by atoms with van der Waals surface area (Å²) in [5, 5.41) is 4.65. The maximum atomic E-state index is 5.57. The van der Waals surface area contributed by atoms with Crippen molar-refractivity contribution in [2.24, 2.45) is 0 Å². The van der Waals surface area contributed by atoms with Gasteiger partial charge in [0.15, 0.2) is 0 Å². The van der Waals surface area contributed by atoms with Crippen LogP contribution in [0.1, 0.15) is 43.5 Å². The van der Waals surface area contributed by atoms with Crippen molar-refractivity contribution in [1.29, 1.82) is 0 Å². The van der Waals surface area contributed by atoms with Gasteiger partial charge in [-0.3, -0.25) is 0 Å². The van der Waals surface area contributed by atoms with Gasteiger partial charge in [-0.05, 0) is 39.7 Å². The predicted octanol–water partition coefficient (Wildman–Crippen LogP) is 4.10. The number of aromatic nitrogens is 2. The summed E-state index contributed by atoms with van der Waals surface area (Å²) in [5.74, 6) is 1.88. The molecule has 0 unspecified atom stereocenters. The second-order valence-electron chi connectivity index (χ2n) is 5.51. The smallest absolute Gasteiger partial charge is 0.138 e. The van der Waals surface area contributed by atoms with Crippen LogP contribution in [-0.4, -0.2) is 29.2 Å². The number of aryl methyl sites for hydroxylation is 3. The van der Waals surface area contributed by atoms with Crippen LogP contribution in [0.3, 0.4) is 0 Å². The lowest BCUT2D eigenvalue weighted by Crippen LogP contribution is -2.11. The Morgan fingerprint density at radius 1 is 1.24 bits per heavy atom. The Labute approximate surface area is 131 Å². The number of thiophene rings is 1. The summed E-state index contributed by atoms with van der Waals surface area (Å²) >= 11 is 1.75. The third-order valence-electron chi connectivity index (χ3n) is 3.46. The largest absolute Gasteiger partial charge is 0.379 e. The quantitative estimate of drug-likeness (QED) is 0.782. The Morgan fingerprint density at radius 3 is 2.67 bits per heavy atom. The Hall–Kier alpha value is -1.20. The van der Waals surface area contributed by atoms with Crippen LogP contribution in [0.4, 0.5) is 5.82 Å². The summed E-state index contributed by atoms with van der Waals surface area (Å²) in [4.78, 5) is 11.7. The van der Waals surface area contributed by atoms with E-state index in [-0.39, 0.29) is 0 Å². The highest BCUT2D eigenvalue weighted by atomic mass is 32.1. The molecule has 0 fully saturated rings. The van der Waals surface area contributed by atoms with E-state index < -0.39 is 0 Å². The standard InChI is InChI=1S/C16H25N3OS/c1-6-13-18-15(17-8-7-9-20-10(2)3)14-11(4)12(5)21-16(14)19-13/h10H,6-9H2,1-5H3,(H,17,18,19). The fourth-order valence-corrected chi connectivity index (χ4v) is 3.23. The van der Waals surface area contributed by atoms with Crippen molar-refractivity contribution >= 4 is 27.4 Å². The zero-order chi connectivity index (χ0) is 15.4. The number of hydrogen-bond acceptors (Lipinski definition) is 5. The van der Waals surface area contributed by atoms with E-state index in [1.165, 1.54) is 15.8 Å². The topological polar surface area (TPSA) is 47.0 Å². The highest BCUT2D eigenvalue weighted by molar-refractivity contribution is 7.18. The van der Waals surface area contributed by atoms with Crippen molar-refractivity contribution in [1.82, 2.24) is 9.97 Å². The molecule has 0 saturated carbocycles. The second kappa shape index (κ2) is 7.18. The van der Waals surface area contributed by atoms with E-state index in [1.807, 2.05) is 0 Å². The predicted molar refractivity (Wildman–Crippen MR) is 90.5 cm³/mol. The molecule has 1 N–H and O–H groups in total. The van der Waals surface area contributed by atoms with Crippen molar-refractivity contribution in [3.05, 3.63) is 16.3 Å². The third-order valence-corrected chi connectivity index (χ3v) is 4.56. The molecule has 0 bridgehead atoms. The number of hydrogen-bond donors (Lipinski definition) is 1. The lowest BCUT2D eigenvalue weighted by molar-refractivity contribution is 0.0787. The van der Waals surface area contributed by atoms with Crippen LogP contribution in [-0.2, 0) is 11.2 Å². The number of ether oxygens (including phenoxy) is 1. The first-order valence-corrected chi connectivity index (χ1v) is 8.46. The van der Waals surface area contributed by atoms with Gasteiger partial charge >= 0.3 is 0 Å². The van der Waals surface area contributed by atoms with E-state index in [0.29, 0.717) is 6.10 Å². The molecule has 2 aromatic rings. The molecule has 0 amide bonds. The lowest BCUT2D eigenvalue weighted by Gasteiger charge is -2.10. The minimum atomic E-state index is 0.296. The molecular formula is C16H25N3OS. The van der Waals surface area contributed by atoms with Crippen molar-refractivity contribution in [2.45, 2.75) is 53.6 Å².